The van der Waals surface area contributed by atoms with Gasteiger partial charge in [-0.1, -0.05) is 0 Å². The Balaban J connectivity index is 1.68. The molecule has 0 fully saturated rings. The lowest BCUT2D eigenvalue weighted by molar-refractivity contribution is -0.121. The molecule has 1 amide bonds. The van der Waals surface area contributed by atoms with Gasteiger partial charge in [-0.3, -0.25) is 9.78 Å². The maximum absolute atomic E-state index is 12.4. The highest BCUT2D eigenvalue weighted by molar-refractivity contribution is 5.82. The average molecular weight is 379 g/mol. The largest absolute Gasteiger partial charge is 0.464 e. The van der Waals surface area contributed by atoms with E-state index >= 15 is 0 Å². The van der Waals surface area contributed by atoms with E-state index in [1.165, 1.54) is 0 Å². The molecule has 1 N–H and O–H groups in total. The highest BCUT2D eigenvalue weighted by atomic mass is 16.3. The van der Waals surface area contributed by atoms with E-state index in [1.807, 2.05) is 44.9 Å². The predicted molar refractivity (Wildman–Crippen MR) is 108 cm³/mol. The maximum atomic E-state index is 12.4. The number of hydrogen-bond donors (Lipinski definition) is 1. The number of carbonyl (C=O) groups excluding carboxylic acids is 1. The summed E-state index contributed by atoms with van der Waals surface area (Å²) in [4.78, 5) is 28.3. The van der Waals surface area contributed by atoms with E-state index in [9.17, 15) is 4.79 Å². The number of aromatic nitrogens is 3. The van der Waals surface area contributed by atoms with E-state index in [-0.39, 0.29) is 18.0 Å². The quantitative estimate of drug-likeness (QED) is 0.750. The van der Waals surface area contributed by atoms with E-state index in [2.05, 4.69) is 10.3 Å². The zero-order chi connectivity index (χ0) is 19.9. The first-order chi connectivity index (χ1) is 13.3. The molecule has 0 saturated carbocycles. The summed E-state index contributed by atoms with van der Waals surface area (Å²) in [6.07, 6.45) is 6.31. The number of nitrogens with zero attached hydrogens (tertiary/aromatic N) is 4. The van der Waals surface area contributed by atoms with Crippen molar-refractivity contribution < 1.29 is 9.21 Å². The van der Waals surface area contributed by atoms with Crippen LogP contribution in [-0.4, -0.2) is 40.0 Å². The molecule has 7 heteroatoms. The molecule has 3 heterocycles. The standard InChI is InChI=1S/C21H25N5O2/c1-21(2,3)25-18(27)12-26(4)20-14-6-5-7-15(14)23-19(24-20)16-10-17-13(11-22-16)8-9-28-17/h8-11H,5-7,12H2,1-4H3,(H,25,27). The van der Waals surface area contributed by atoms with Gasteiger partial charge in [-0.05, 0) is 46.1 Å². The van der Waals surface area contributed by atoms with Gasteiger partial charge < -0.3 is 14.6 Å². The third-order valence-electron chi connectivity index (χ3n) is 4.73. The molecule has 28 heavy (non-hydrogen) atoms. The molecule has 4 rings (SSSR count). The highest BCUT2D eigenvalue weighted by Gasteiger charge is 2.24. The van der Waals surface area contributed by atoms with Crippen LogP contribution in [0.2, 0.25) is 0 Å². The van der Waals surface area contributed by atoms with Gasteiger partial charge in [0.05, 0.1) is 12.8 Å². The number of furan rings is 1. The van der Waals surface area contributed by atoms with E-state index in [0.29, 0.717) is 11.5 Å². The molecule has 0 aromatic carbocycles. The van der Waals surface area contributed by atoms with Gasteiger partial charge in [0.25, 0.3) is 0 Å². The minimum Gasteiger partial charge on any atom is -0.464 e. The van der Waals surface area contributed by atoms with Crippen molar-refractivity contribution in [3.8, 4) is 11.5 Å². The summed E-state index contributed by atoms with van der Waals surface area (Å²) in [7, 11) is 1.90. The Labute approximate surface area is 164 Å². The van der Waals surface area contributed by atoms with Crippen LogP contribution in [0.4, 0.5) is 5.82 Å². The fourth-order valence-electron chi connectivity index (χ4n) is 3.57. The second kappa shape index (κ2) is 6.89. The number of carbonyl (C=O) groups is 1. The van der Waals surface area contributed by atoms with Crippen LogP contribution in [0.5, 0.6) is 0 Å². The molecule has 7 nitrogen and oxygen atoms in total. The molecule has 3 aromatic rings. The summed E-state index contributed by atoms with van der Waals surface area (Å²) in [5, 5.41) is 3.95. The molecule has 1 aliphatic rings. The summed E-state index contributed by atoms with van der Waals surface area (Å²) < 4.78 is 5.49. The second-order valence-corrected chi connectivity index (χ2v) is 8.33. The van der Waals surface area contributed by atoms with Crippen LogP contribution in [0.15, 0.2) is 29.0 Å². The summed E-state index contributed by atoms with van der Waals surface area (Å²) in [5.74, 6) is 1.34. The molecular weight excluding hydrogens is 354 g/mol. The third kappa shape index (κ3) is 3.69. The molecule has 0 atom stereocenters. The predicted octanol–water partition coefficient (Wildman–Crippen LogP) is 3.12. The number of aryl methyl sites for hydroxylation is 1. The summed E-state index contributed by atoms with van der Waals surface area (Å²) in [6.45, 7) is 6.16. The lowest BCUT2D eigenvalue weighted by Gasteiger charge is -2.25. The fourth-order valence-corrected chi connectivity index (χ4v) is 3.57. The Morgan fingerprint density at radius 1 is 1.29 bits per heavy atom. The van der Waals surface area contributed by atoms with Gasteiger partial charge in [-0.2, -0.15) is 0 Å². The van der Waals surface area contributed by atoms with Gasteiger partial charge in [-0.25, -0.2) is 9.97 Å². The van der Waals surface area contributed by atoms with Crippen LogP contribution in [0.1, 0.15) is 38.4 Å². The number of nitrogens with one attached hydrogen (secondary N) is 1. The average Bonchev–Trinajstić information content (AvgIpc) is 3.27. The van der Waals surface area contributed by atoms with Gasteiger partial charge in [0.2, 0.25) is 5.91 Å². The topological polar surface area (TPSA) is 84.2 Å². The number of pyridine rings is 1. The normalized spacial score (nSPS) is 13.6. The van der Waals surface area contributed by atoms with E-state index in [1.54, 1.807) is 12.5 Å². The highest BCUT2D eigenvalue weighted by Crippen LogP contribution is 2.31. The number of amides is 1. The van der Waals surface area contributed by atoms with Crippen molar-refractivity contribution in [1.29, 1.82) is 0 Å². The number of likely N-dealkylation sites (N-methyl/N-ethyl adjacent to an activating group) is 1. The van der Waals surface area contributed by atoms with Crippen LogP contribution in [0, 0.1) is 0 Å². The first-order valence-electron chi connectivity index (χ1n) is 9.56. The van der Waals surface area contributed by atoms with Crippen molar-refractivity contribution in [1.82, 2.24) is 20.3 Å². The lowest BCUT2D eigenvalue weighted by atomic mass is 10.1. The van der Waals surface area contributed by atoms with Crippen molar-refractivity contribution in [2.45, 2.75) is 45.6 Å². The Morgan fingerprint density at radius 2 is 2.11 bits per heavy atom. The van der Waals surface area contributed by atoms with Crippen LogP contribution in [0.3, 0.4) is 0 Å². The molecule has 0 unspecified atom stereocenters. The molecule has 0 radical (unpaired) electrons. The van der Waals surface area contributed by atoms with Crippen molar-refractivity contribution in [2.75, 3.05) is 18.5 Å². The van der Waals surface area contributed by atoms with Gasteiger partial charge >= 0.3 is 0 Å². The van der Waals surface area contributed by atoms with Crippen molar-refractivity contribution >= 4 is 22.7 Å². The molecule has 0 aliphatic heterocycles. The maximum Gasteiger partial charge on any atom is 0.239 e. The van der Waals surface area contributed by atoms with Crippen LogP contribution in [0.25, 0.3) is 22.5 Å². The first-order valence-corrected chi connectivity index (χ1v) is 9.56. The summed E-state index contributed by atoms with van der Waals surface area (Å²) in [6, 6.07) is 3.74. The van der Waals surface area contributed by atoms with E-state index in [4.69, 9.17) is 14.4 Å². The second-order valence-electron chi connectivity index (χ2n) is 8.33. The zero-order valence-corrected chi connectivity index (χ0v) is 16.7. The minimum atomic E-state index is -0.265. The summed E-state index contributed by atoms with van der Waals surface area (Å²) in [5.41, 5.74) is 3.34. The minimum absolute atomic E-state index is 0.0305. The first kappa shape index (κ1) is 18.4. The molecular formula is C21H25N5O2. The third-order valence-corrected chi connectivity index (χ3v) is 4.73. The Hall–Kier alpha value is -2.96. The lowest BCUT2D eigenvalue weighted by Crippen LogP contribution is -2.45. The van der Waals surface area contributed by atoms with Gasteiger partial charge in [0, 0.05) is 41.5 Å². The molecule has 146 valence electrons. The molecule has 0 spiro atoms. The summed E-state index contributed by atoms with van der Waals surface area (Å²) >= 11 is 0. The molecule has 0 bridgehead atoms. The van der Waals surface area contributed by atoms with Crippen LogP contribution < -0.4 is 10.2 Å². The Kier molecular flexibility index (Phi) is 4.53. The number of hydrogen-bond acceptors (Lipinski definition) is 6. The molecule has 0 saturated heterocycles. The Morgan fingerprint density at radius 3 is 2.89 bits per heavy atom. The van der Waals surface area contributed by atoms with Gasteiger partial charge in [0.1, 0.15) is 17.1 Å². The van der Waals surface area contributed by atoms with Crippen LogP contribution >= 0.6 is 0 Å². The van der Waals surface area contributed by atoms with Gasteiger partial charge in [0.15, 0.2) is 5.82 Å². The number of anilines is 1. The smallest absolute Gasteiger partial charge is 0.239 e. The van der Waals surface area contributed by atoms with Crippen molar-refractivity contribution in [3.05, 3.63) is 35.9 Å². The van der Waals surface area contributed by atoms with Gasteiger partial charge in [-0.15, -0.1) is 0 Å². The molecule has 1 aliphatic carbocycles. The SMILES string of the molecule is CN(CC(=O)NC(C)(C)C)c1nc(-c2cc3occc3cn2)nc2c1CCC2. The Bertz CT molecular complexity index is 1030. The fraction of sp³-hybridized carbons (Fsp3) is 0.429. The van der Waals surface area contributed by atoms with Crippen molar-refractivity contribution in [3.63, 3.8) is 0 Å². The number of fused-ring (bicyclic) bond motifs is 2. The number of rotatable bonds is 4. The van der Waals surface area contributed by atoms with E-state index in [0.717, 1.165) is 47.3 Å². The van der Waals surface area contributed by atoms with Crippen molar-refractivity contribution in [2.24, 2.45) is 0 Å². The van der Waals surface area contributed by atoms with E-state index < -0.39 is 0 Å². The molecule has 3 aromatic heterocycles. The van der Waals surface area contributed by atoms with Crippen LogP contribution in [-0.2, 0) is 17.6 Å². The monoisotopic (exact) mass is 379 g/mol. The zero-order valence-electron chi connectivity index (χ0n) is 16.7.